The lowest BCUT2D eigenvalue weighted by molar-refractivity contribution is 0.416. The molecule has 0 saturated heterocycles. The Morgan fingerprint density at radius 2 is 2.18 bits per heavy atom. The van der Waals surface area contributed by atoms with Crippen molar-refractivity contribution < 1.29 is 4.74 Å². The Bertz CT molecular complexity index is 412. The Labute approximate surface area is 107 Å². The van der Waals surface area contributed by atoms with Gasteiger partial charge in [-0.2, -0.15) is 5.26 Å². The number of rotatable bonds is 5. The van der Waals surface area contributed by atoms with Gasteiger partial charge in [0.15, 0.2) is 0 Å². The zero-order chi connectivity index (χ0) is 12.8. The summed E-state index contributed by atoms with van der Waals surface area (Å²) in [5.41, 5.74) is 0.757. The second-order valence-corrected chi connectivity index (χ2v) is 4.74. The van der Waals surface area contributed by atoms with Gasteiger partial charge in [-0.15, -0.1) is 0 Å². The summed E-state index contributed by atoms with van der Waals surface area (Å²) in [5, 5.41) is 12.9. The number of hydrogen-bond acceptors (Lipinski definition) is 3. The van der Waals surface area contributed by atoms with Crippen molar-refractivity contribution in [2.45, 2.75) is 26.3 Å². The van der Waals surface area contributed by atoms with E-state index in [9.17, 15) is 0 Å². The first-order chi connectivity index (χ1) is 8.06. The van der Waals surface area contributed by atoms with Crippen molar-refractivity contribution >= 4 is 17.3 Å². The Kier molecular flexibility index (Phi) is 5.11. The fourth-order valence-electron chi connectivity index (χ4n) is 1.60. The van der Waals surface area contributed by atoms with Gasteiger partial charge < -0.3 is 10.1 Å². The molecule has 1 unspecified atom stereocenters. The van der Waals surface area contributed by atoms with Gasteiger partial charge in [0, 0.05) is 5.02 Å². The number of nitrogens with zero attached hydrogens (tertiary/aromatic N) is 1. The van der Waals surface area contributed by atoms with E-state index in [0.29, 0.717) is 16.7 Å². The van der Waals surface area contributed by atoms with Crippen LogP contribution in [0, 0.1) is 17.2 Å². The summed E-state index contributed by atoms with van der Waals surface area (Å²) in [5.74, 6) is 1.15. The minimum atomic E-state index is -0.234. The van der Waals surface area contributed by atoms with Crippen LogP contribution in [0.4, 0.5) is 5.69 Å². The highest BCUT2D eigenvalue weighted by atomic mass is 35.5. The maximum atomic E-state index is 9.08. The van der Waals surface area contributed by atoms with Gasteiger partial charge >= 0.3 is 0 Å². The molecular formula is C13H17ClN2O. The van der Waals surface area contributed by atoms with Crippen LogP contribution in [0.3, 0.4) is 0 Å². The quantitative estimate of drug-likeness (QED) is 0.869. The van der Waals surface area contributed by atoms with E-state index < -0.39 is 0 Å². The summed E-state index contributed by atoms with van der Waals surface area (Å²) in [6, 6.07) is 7.32. The third-order valence-corrected chi connectivity index (χ3v) is 2.59. The largest absolute Gasteiger partial charge is 0.495 e. The molecule has 1 aromatic carbocycles. The van der Waals surface area contributed by atoms with Crippen LogP contribution in [0.2, 0.25) is 5.02 Å². The molecule has 3 nitrogen and oxygen atoms in total. The molecule has 0 heterocycles. The van der Waals surface area contributed by atoms with Crippen LogP contribution in [-0.4, -0.2) is 13.2 Å². The van der Waals surface area contributed by atoms with Crippen molar-refractivity contribution in [1.29, 1.82) is 5.26 Å². The highest BCUT2D eigenvalue weighted by molar-refractivity contribution is 6.30. The third-order valence-electron chi connectivity index (χ3n) is 2.35. The predicted molar refractivity (Wildman–Crippen MR) is 70.5 cm³/mol. The third kappa shape index (κ3) is 4.16. The molecule has 92 valence electrons. The number of nitriles is 1. The van der Waals surface area contributed by atoms with E-state index in [4.69, 9.17) is 21.6 Å². The molecule has 1 N–H and O–H groups in total. The molecule has 0 bridgehead atoms. The van der Waals surface area contributed by atoms with Crippen LogP contribution in [0.1, 0.15) is 20.3 Å². The standard InChI is InChI=1S/C13H17ClN2O/c1-9(2)6-11(8-15)16-12-7-10(14)4-5-13(12)17-3/h4-5,7,9,11,16H,6H2,1-3H3. The molecule has 0 aliphatic heterocycles. The van der Waals surface area contributed by atoms with Gasteiger partial charge in [0.2, 0.25) is 0 Å². The summed E-state index contributed by atoms with van der Waals surface area (Å²) in [6.07, 6.45) is 0.784. The molecule has 17 heavy (non-hydrogen) atoms. The van der Waals surface area contributed by atoms with E-state index in [-0.39, 0.29) is 6.04 Å². The van der Waals surface area contributed by atoms with Crippen LogP contribution in [-0.2, 0) is 0 Å². The van der Waals surface area contributed by atoms with E-state index in [1.807, 2.05) is 0 Å². The first kappa shape index (κ1) is 13.7. The summed E-state index contributed by atoms with van der Waals surface area (Å²) in [4.78, 5) is 0. The van der Waals surface area contributed by atoms with Crippen molar-refractivity contribution in [3.8, 4) is 11.8 Å². The first-order valence-electron chi connectivity index (χ1n) is 5.56. The summed E-state index contributed by atoms with van der Waals surface area (Å²) < 4.78 is 5.22. The summed E-state index contributed by atoms with van der Waals surface area (Å²) in [7, 11) is 1.60. The van der Waals surface area contributed by atoms with Gasteiger partial charge in [-0.3, -0.25) is 0 Å². The number of benzene rings is 1. The molecule has 0 aliphatic rings. The molecule has 0 aliphatic carbocycles. The minimum absolute atomic E-state index is 0.234. The smallest absolute Gasteiger partial charge is 0.142 e. The van der Waals surface area contributed by atoms with Crippen molar-refractivity contribution in [2.75, 3.05) is 12.4 Å². The van der Waals surface area contributed by atoms with E-state index in [1.165, 1.54) is 0 Å². The lowest BCUT2D eigenvalue weighted by Gasteiger charge is -2.17. The van der Waals surface area contributed by atoms with Crippen molar-refractivity contribution in [2.24, 2.45) is 5.92 Å². The lowest BCUT2D eigenvalue weighted by atomic mass is 10.0. The normalized spacial score (nSPS) is 12.0. The molecule has 4 heteroatoms. The molecular weight excluding hydrogens is 236 g/mol. The van der Waals surface area contributed by atoms with Gasteiger partial charge in [0.1, 0.15) is 11.8 Å². The molecule has 1 aromatic rings. The number of ether oxygens (including phenoxy) is 1. The summed E-state index contributed by atoms with van der Waals surface area (Å²) in [6.45, 7) is 4.17. The Hall–Kier alpha value is -1.40. The maximum Gasteiger partial charge on any atom is 0.142 e. The predicted octanol–water partition coefficient (Wildman–Crippen LogP) is 3.70. The highest BCUT2D eigenvalue weighted by Crippen LogP contribution is 2.28. The second-order valence-electron chi connectivity index (χ2n) is 4.30. The lowest BCUT2D eigenvalue weighted by Crippen LogP contribution is -2.19. The van der Waals surface area contributed by atoms with E-state index in [0.717, 1.165) is 12.1 Å². The molecule has 0 saturated carbocycles. The topological polar surface area (TPSA) is 45.0 Å². The van der Waals surface area contributed by atoms with Crippen LogP contribution in [0.5, 0.6) is 5.75 Å². The number of halogens is 1. The first-order valence-corrected chi connectivity index (χ1v) is 5.94. The fourth-order valence-corrected chi connectivity index (χ4v) is 1.77. The summed E-state index contributed by atoms with van der Waals surface area (Å²) >= 11 is 5.93. The van der Waals surface area contributed by atoms with E-state index in [2.05, 4.69) is 25.2 Å². The number of anilines is 1. The number of nitrogens with one attached hydrogen (secondary N) is 1. The van der Waals surface area contributed by atoms with Crippen LogP contribution < -0.4 is 10.1 Å². The monoisotopic (exact) mass is 252 g/mol. The molecule has 1 rings (SSSR count). The van der Waals surface area contributed by atoms with Crippen molar-refractivity contribution in [1.82, 2.24) is 0 Å². The van der Waals surface area contributed by atoms with Crippen LogP contribution >= 0.6 is 11.6 Å². The Balaban J connectivity index is 2.85. The molecule has 0 radical (unpaired) electrons. The zero-order valence-corrected chi connectivity index (χ0v) is 11.1. The van der Waals surface area contributed by atoms with E-state index in [1.54, 1.807) is 25.3 Å². The zero-order valence-electron chi connectivity index (χ0n) is 10.3. The van der Waals surface area contributed by atoms with Gasteiger partial charge in [0.05, 0.1) is 18.9 Å². The van der Waals surface area contributed by atoms with Crippen LogP contribution in [0.15, 0.2) is 18.2 Å². The number of methoxy groups -OCH3 is 1. The molecule has 0 aromatic heterocycles. The molecule has 1 atom stereocenters. The Morgan fingerprint density at radius 1 is 1.47 bits per heavy atom. The average molecular weight is 253 g/mol. The van der Waals surface area contributed by atoms with Gasteiger partial charge in [-0.25, -0.2) is 0 Å². The fraction of sp³-hybridized carbons (Fsp3) is 0.462. The molecule has 0 fully saturated rings. The van der Waals surface area contributed by atoms with Crippen molar-refractivity contribution in [3.05, 3.63) is 23.2 Å². The second kappa shape index (κ2) is 6.36. The minimum Gasteiger partial charge on any atom is -0.495 e. The van der Waals surface area contributed by atoms with Gasteiger partial charge in [0.25, 0.3) is 0 Å². The molecule has 0 spiro atoms. The highest BCUT2D eigenvalue weighted by Gasteiger charge is 2.12. The van der Waals surface area contributed by atoms with Gasteiger partial charge in [-0.1, -0.05) is 25.4 Å². The maximum absolute atomic E-state index is 9.08. The van der Waals surface area contributed by atoms with Crippen LogP contribution in [0.25, 0.3) is 0 Å². The Morgan fingerprint density at radius 3 is 2.71 bits per heavy atom. The SMILES string of the molecule is COc1ccc(Cl)cc1NC(C#N)CC(C)C. The number of hydrogen-bond donors (Lipinski definition) is 1. The molecule has 0 amide bonds. The average Bonchev–Trinajstić information content (AvgIpc) is 2.28. The van der Waals surface area contributed by atoms with E-state index >= 15 is 0 Å². The van der Waals surface area contributed by atoms with Gasteiger partial charge in [-0.05, 0) is 30.5 Å². The van der Waals surface area contributed by atoms with Crippen molar-refractivity contribution in [3.63, 3.8) is 0 Å².